The minimum atomic E-state index is -0.201. The summed E-state index contributed by atoms with van der Waals surface area (Å²) in [5, 5.41) is 3.35. The van der Waals surface area contributed by atoms with E-state index in [1.807, 2.05) is 38.1 Å². The number of benzene rings is 1. The highest BCUT2D eigenvalue weighted by Gasteiger charge is 2.34. The van der Waals surface area contributed by atoms with Crippen LogP contribution < -0.4 is 5.32 Å². The van der Waals surface area contributed by atoms with Gasteiger partial charge in [0.1, 0.15) is 6.54 Å². The van der Waals surface area contributed by atoms with Crippen molar-refractivity contribution in [1.82, 2.24) is 9.88 Å². The Balaban J connectivity index is 1.71. The van der Waals surface area contributed by atoms with Crippen LogP contribution in [-0.2, 0) is 4.79 Å². The van der Waals surface area contributed by atoms with Gasteiger partial charge in [0, 0.05) is 22.7 Å². The zero-order valence-corrected chi connectivity index (χ0v) is 14.0. The summed E-state index contributed by atoms with van der Waals surface area (Å²) in [4.78, 5) is 31.9. The summed E-state index contributed by atoms with van der Waals surface area (Å²) in [5.41, 5.74) is 1.59. The van der Waals surface area contributed by atoms with Gasteiger partial charge in [-0.25, -0.2) is 4.98 Å². The van der Waals surface area contributed by atoms with Crippen LogP contribution >= 0.6 is 11.3 Å². The third-order valence-electron chi connectivity index (χ3n) is 3.81. The van der Waals surface area contributed by atoms with Gasteiger partial charge < -0.3 is 10.2 Å². The normalized spacial score (nSPS) is 13.7. The van der Waals surface area contributed by atoms with E-state index < -0.39 is 0 Å². The molecule has 0 radical (unpaired) electrons. The fraction of sp³-hybridized carbons (Fsp3) is 0.353. The Kier molecular flexibility index (Phi) is 4.43. The highest BCUT2D eigenvalue weighted by molar-refractivity contribution is 7.15. The highest BCUT2D eigenvalue weighted by atomic mass is 32.1. The molecule has 0 spiro atoms. The maximum Gasteiger partial charge on any atom is 0.254 e. The Hall–Kier alpha value is -2.21. The molecule has 1 heterocycles. The molecule has 0 saturated heterocycles. The number of carbonyl (C=O) groups excluding carboxylic acids is 2. The van der Waals surface area contributed by atoms with Crippen molar-refractivity contribution < 1.29 is 9.59 Å². The molecule has 0 unspecified atom stereocenters. The molecule has 5 nitrogen and oxygen atoms in total. The molecule has 6 heteroatoms. The maximum atomic E-state index is 12.8. The molecule has 0 bridgehead atoms. The van der Waals surface area contributed by atoms with Crippen molar-refractivity contribution in [2.24, 2.45) is 0 Å². The Morgan fingerprint density at radius 1 is 1.30 bits per heavy atom. The number of rotatable bonds is 5. The van der Waals surface area contributed by atoms with Gasteiger partial charge in [-0.1, -0.05) is 18.2 Å². The lowest BCUT2D eigenvalue weighted by Gasteiger charge is -2.22. The van der Waals surface area contributed by atoms with Crippen LogP contribution in [0.25, 0.3) is 0 Å². The molecule has 120 valence electrons. The second-order valence-electron chi connectivity index (χ2n) is 5.80. The van der Waals surface area contributed by atoms with Crippen LogP contribution in [0.1, 0.15) is 33.6 Å². The molecule has 2 amide bonds. The smallest absolute Gasteiger partial charge is 0.254 e. The van der Waals surface area contributed by atoms with Gasteiger partial charge in [-0.3, -0.25) is 9.59 Å². The first-order valence-electron chi connectivity index (χ1n) is 7.63. The number of aryl methyl sites for hydroxylation is 2. The van der Waals surface area contributed by atoms with E-state index >= 15 is 0 Å². The van der Waals surface area contributed by atoms with Gasteiger partial charge in [-0.15, -0.1) is 11.3 Å². The number of carbonyl (C=O) groups is 2. The Morgan fingerprint density at radius 3 is 2.65 bits per heavy atom. The van der Waals surface area contributed by atoms with E-state index in [-0.39, 0.29) is 24.4 Å². The first-order chi connectivity index (χ1) is 11.0. The van der Waals surface area contributed by atoms with E-state index in [1.165, 1.54) is 11.3 Å². The quantitative estimate of drug-likeness (QED) is 0.917. The topological polar surface area (TPSA) is 62.3 Å². The number of hydrogen-bond donors (Lipinski definition) is 1. The molecular formula is C17H19N3O2S. The predicted molar refractivity (Wildman–Crippen MR) is 90.7 cm³/mol. The van der Waals surface area contributed by atoms with E-state index in [9.17, 15) is 9.59 Å². The summed E-state index contributed by atoms with van der Waals surface area (Å²) in [6, 6.07) is 7.66. The van der Waals surface area contributed by atoms with E-state index in [0.29, 0.717) is 10.7 Å². The van der Waals surface area contributed by atoms with Gasteiger partial charge in [0.15, 0.2) is 5.13 Å². The van der Waals surface area contributed by atoms with Crippen LogP contribution in [0.2, 0.25) is 0 Å². The largest absolute Gasteiger partial charge is 0.326 e. The minimum absolute atomic E-state index is 0.0659. The molecule has 1 aromatic carbocycles. The number of anilines is 1. The molecule has 0 aliphatic heterocycles. The van der Waals surface area contributed by atoms with Gasteiger partial charge in [0.25, 0.3) is 5.91 Å². The first kappa shape index (κ1) is 15.7. The first-order valence-corrected chi connectivity index (χ1v) is 8.45. The number of thiazole rings is 1. The molecule has 2 aromatic rings. The highest BCUT2D eigenvalue weighted by Crippen LogP contribution is 2.29. The molecule has 1 saturated carbocycles. The van der Waals surface area contributed by atoms with E-state index in [4.69, 9.17) is 0 Å². The second kappa shape index (κ2) is 6.50. The predicted octanol–water partition coefficient (Wildman–Crippen LogP) is 3.00. The van der Waals surface area contributed by atoms with Gasteiger partial charge in [0.05, 0.1) is 0 Å². The van der Waals surface area contributed by atoms with Crippen molar-refractivity contribution in [1.29, 1.82) is 0 Å². The molecule has 1 aliphatic carbocycles. The third kappa shape index (κ3) is 3.76. The summed E-state index contributed by atoms with van der Waals surface area (Å²) in [5.74, 6) is -0.274. The maximum absolute atomic E-state index is 12.8. The number of nitrogens with one attached hydrogen (secondary N) is 1. The summed E-state index contributed by atoms with van der Waals surface area (Å²) in [7, 11) is 0. The molecule has 1 aliphatic rings. The summed E-state index contributed by atoms with van der Waals surface area (Å²) in [6.07, 6.45) is 3.64. The van der Waals surface area contributed by atoms with Crippen molar-refractivity contribution in [3.8, 4) is 0 Å². The fourth-order valence-electron chi connectivity index (χ4n) is 2.45. The van der Waals surface area contributed by atoms with Gasteiger partial charge in [-0.2, -0.15) is 0 Å². The van der Waals surface area contributed by atoms with Gasteiger partial charge in [0.2, 0.25) is 5.91 Å². The molecule has 3 rings (SSSR count). The molecular weight excluding hydrogens is 310 g/mol. The standard InChI is InChI=1S/C17H19N3O2S/c1-11-5-3-4-6-14(11)16(22)20(13-7-8-13)10-15(21)19-17-18-9-12(2)23-17/h3-6,9,13H,7-8,10H2,1-2H3,(H,18,19,21). The van der Waals surface area contributed by atoms with Crippen LogP contribution in [-0.4, -0.2) is 34.3 Å². The zero-order chi connectivity index (χ0) is 16.4. The van der Waals surface area contributed by atoms with Crippen molar-refractivity contribution >= 4 is 28.3 Å². The number of amides is 2. The number of aromatic nitrogens is 1. The SMILES string of the molecule is Cc1cnc(NC(=O)CN(C(=O)c2ccccc2C)C2CC2)s1. The lowest BCUT2D eigenvalue weighted by Crippen LogP contribution is -2.39. The van der Waals surface area contributed by atoms with Crippen LogP contribution in [0.4, 0.5) is 5.13 Å². The Bertz CT molecular complexity index is 737. The number of hydrogen-bond acceptors (Lipinski definition) is 4. The van der Waals surface area contributed by atoms with Crippen LogP contribution in [0.5, 0.6) is 0 Å². The van der Waals surface area contributed by atoms with Crippen molar-refractivity contribution in [3.63, 3.8) is 0 Å². The van der Waals surface area contributed by atoms with Gasteiger partial charge in [-0.05, 0) is 38.3 Å². The lowest BCUT2D eigenvalue weighted by atomic mass is 10.1. The van der Waals surface area contributed by atoms with Crippen LogP contribution in [0.3, 0.4) is 0 Å². The van der Waals surface area contributed by atoms with E-state index in [1.54, 1.807) is 11.1 Å². The molecule has 1 fully saturated rings. The second-order valence-corrected chi connectivity index (χ2v) is 7.04. The van der Waals surface area contributed by atoms with Gasteiger partial charge >= 0.3 is 0 Å². The average molecular weight is 329 g/mol. The molecule has 1 N–H and O–H groups in total. The van der Waals surface area contributed by atoms with E-state index in [0.717, 1.165) is 23.3 Å². The molecule has 23 heavy (non-hydrogen) atoms. The summed E-state index contributed by atoms with van der Waals surface area (Å²) < 4.78 is 0. The van der Waals surface area contributed by atoms with Crippen molar-refractivity contribution in [2.75, 3.05) is 11.9 Å². The Labute approximate surface area is 139 Å². The fourth-order valence-corrected chi connectivity index (χ4v) is 3.13. The summed E-state index contributed by atoms with van der Waals surface area (Å²) >= 11 is 1.43. The monoisotopic (exact) mass is 329 g/mol. The summed E-state index contributed by atoms with van der Waals surface area (Å²) in [6.45, 7) is 3.92. The number of nitrogens with zero attached hydrogens (tertiary/aromatic N) is 2. The van der Waals surface area contributed by atoms with Crippen LogP contribution in [0.15, 0.2) is 30.5 Å². The minimum Gasteiger partial charge on any atom is -0.326 e. The lowest BCUT2D eigenvalue weighted by molar-refractivity contribution is -0.117. The third-order valence-corrected chi connectivity index (χ3v) is 4.63. The Morgan fingerprint density at radius 2 is 2.04 bits per heavy atom. The average Bonchev–Trinajstić information content (AvgIpc) is 3.28. The zero-order valence-electron chi connectivity index (χ0n) is 13.2. The molecule has 0 atom stereocenters. The van der Waals surface area contributed by atoms with Crippen molar-refractivity contribution in [3.05, 3.63) is 46.5 Å². The van der Waals surface area contributed by atoms with Crippen molar-refractivity contribution in [2.45, 2.75) is 32.7 Å². The molecule has 1 aromatic heterocycles. The van der Waals surface area contributed by atoms with Crippen LogP contribution in [0, 0.1) is 13.8 Å². The van der Waals surface area contributed by atoms with E-state index in [2.05, 4.69) is 10.3 Å².